The first-order valence-corrected chi connectivity index (χ1v) is 12.2. The van der Waals surface area contributed by atoms with Gasteiger partial charge in [-0.1, -0.05) is 122 Å². The van der Waals surface area contributed by atoms with E-state index in [1.54, 1.807) is 24.3 Å². The van der Waals surface area contributed by atoms with Gasteiger partial charge in [0.2, 0.25) is 0 Å². The second-order valence-corrected chi connectivity index (χ2v) is 9.58. The molecule has 0 amide bonds. The van der Waals surface area contributed by atoms with Gasteiger partial charge in [0.1, 0.15) is 10.8 Å². The van der Waals surface area contributed by atoms with Crippen LogP contribution in [-0.4, -0.2) is 22.2 Å². The summed E-state index contributed by atoms with van der Waals surface area (Å²) < 4.78 is 0. The number of rotatable bonds is 17. The Labute approximate surface area is 183 Å². The van der Waals surface area contributed by atoms with Crippen molar-refractivity contribution < 1.29 is 19.8 Å². The van der Waals surface area contributed by atoms with E-state index in [0.717, 1.165) is 44.4 Å². The third-order valence-corrected chi connectivity index (χ3v) is 6.47. The normalized spacial score (nSPS) is 23.2. The lowest BCUT2D eigenvalue weighted by Gasteiger charge is -2.32. The van der Waals surface area contributed by atoms with E-state index in [1.807, 2.05) is 0 Å². The number of hydrogen-bond donors (Lipinski definition) is 2. The zero-order valence-electron chi connectivity index (χ0n) is 19.5. The van der Waals surface area contributed by atoms with Crippen LogP contribution in [0.4, 0.5) is 0 Å². The molecule has 172 valence electrons. The minimum Gasteiger partial charge on any atom is -0.480 e. The fraction of sp³-hybridized carbons (Fsp3) is 0.769. The Morgan fingerprint density at radius 3 is 1.40 bits per heavy atom. The highest BCUT2D eigenvalue weighted by Crippen LogP contribution is 2.41. The molecule has 1 rings (SSSR count). The third kappa shape index (κ3) is 8.65. The molecule has 0 unspecified atom stereocenters. The van der Waals surface area contributed by atoms with Crippen molar-refractivity contribution >= 4 is 11.9 Å². The molecule has 30 heavy (non-hydrogen) atoms. The van der Waals surface area contributed by atoms with Gasteiger partial charge in [-0.3, -0.25) is 9.59 Å². The highest BCUT2D eigenvalue weighted by molar-refractivity contribution is 5.84. The van der Waals surface area contributed by atoms with Crippen LogP contribution >= 0.6 is 0 Å². The van der Waals surface area contributed by atoms with Crippen LogP contribution in [0, 0.1) is 16.7 Å². The maximum Gasteiger partial charge on any atom is 0.317 e. The Morgan fingerprint density at radius 1 is 0.667 bits per heavy atom. The topological polar surface area (TPSA) is 74.6 Å². The lowest BCUT2D eigenvalue weighted by molar-refractivity contribution is -0.146. The van der Waals surface area contributed by atoms with Crippen LogP contribution in [0.25, 0.3) is 0 Å². The summed E-state index contributed by atoms with van der Waals surface area (Å²) in [5.41, 5.74) is -2.11. The molecule has 4 heteroatoms. The SMILES string of the molecule is CCCCCCCCC1(C(=O)O)C=CC(CCCCCCCC(C)C)(C(=O)O)C=C1. The Bertz CT molecular complexity index is 560. The number of aliphatic carboxylic acids is 2. The summed E-state index contributed by atoms with van der Waals surface area (Å²) >= 11 is 0. The summed E-state index contributed by atoms with van der Waals surface area (Å²) in [5, 5.41) is 19.7. The van der Waals surface area contributed by atoms with Gasteiger partial charge in [0.05, 0.1) is 0 Å². The summed E-state index contributed by atoms with van der Waals surface area (Å²) in [6, 6.07) is 0. The van der Waals surface area contributed by atoms with Crippen LogP contribution in [0.5, 0.6) is 0 Å². The second kappa shape index (κ2) is 13.7. The lowest BCUT2D eigenvalue weighted by atomic mass is 9.70. The minimum absolute atomic E-state index is 0.534. The molecule has 1 aliphatic rings. The van der Waals surface area contributed by atoms with Gasteiger partial charge in [0.25, 0.3) is 0 Å². The highest BCUT2D eigenvalue weighted by Gasteiger charge is 2.42. The fourth-order valence-corrected chi connectivity index (χ4v) is 4.24. The van der Waals surface area contributed by atoms with Crippen LogP contribution in [0.15, 0.2) is 24.3 Å². The van der Waals surface area contributed by atoms with Crippen LogP contribution < -0.4 is 0 Å². The maximum absolute atomic E-state index is 12.0. The molecule has 0 aromatic rings. The highest BCUT2D eigenvalue weighted by atomic mass is 16.4. The van der Waals surface area contributed by atoms with E-state index in [9.17, 15) is 19.8 Å². The van der Waals surface area contributed by atoms with Gasteiger partial charge in [-0.05, 0) is 18.8 Å². The summed E-state index contributed by atoms with van der Waals surface area (Å²) in [7, 11) is 0. The van der Waals surface area contributed by atoms with Gasteiger partial charge in [-0.2, -0.15) is 0 Å². The summed E-state index contributed by atoms with van der Waals surface area (Å²) in [4.78, 5) is 24.0. The molecule has 2 N–H and O–H groups in total. The van der Waals surface area contributed by atoms with Crippen molar-refractivity contribution in [1.29, 1.82) is 0 Å². The molecule has 0 bridgehead atoms. The van der Waals surface area contributed by atoms with Crippen molar-refractivity contribution in [3.8, 4) is 0 Å². The molecule has 0 atom stereocenters. The van der Waals surface area contributed by atoms with E-state index in [0.29, 0.717) is 12.8 Å². The average Bonchev–Trinajstić information content (AvgIpc) is 2.70. The Hall–Kier alpha value is -1.58. The Kier molecular flexibility index (Phi) is 12.1. The van der Waals surface area contributed by atoms with Gasteiger partial charge in [0.15, 0.2) is 0 Å². The molecule has 0 saturated carbocycles. The van der Waals surface area contributed by atoms with E-state index in [-0.39, 0.29) is 0 Å². The zero-order chi connectivity index (χ0) is 22.5. The van der Waals surface area contributed by atoms with Crippen molar-refractivity contribution in [2.75, 3.05) is 0 Å². The van der Waals surface area contributed by atoms with Crippen molar-refractivity contribution in [1.82, 2.24) is 0 Å². The minimum atomic E-state index is -1.06. The quantitative estimate of drug-likeness (QED) is 0.190. The monoisotopic (exact) mass is 420 g/mol. The number of hydrogen-bond acceptors (Lipinski definition) is 2. The van der Waals surface area contributed by atoms with E-state index in [4.69, 9.17) is 0 Å². The van der Waals surface area contributed by atoms with Gasteiger partial charge in [-0.15, -0.1) is 0 Å². The van der Waals surface area contributed by atoms with Crippen LogP contribution in [0.3, 0.4) is 0 Å². The molecular formula is C26H44O4. The summed E-state index contributed by atoms with van der Waals surface area (Å²) in [6.07, 6.45) is 21.0. The van der Waals surface area contributed by atoms with Gasteiger partial charge in [0, 0.05) is 0 Å². The van der Waals surface area contributed by atoms with E-state index in [1.165, 1.54) is 38.5 Å². The first kappa shape index (κ1) is 26.5. The van der Waals surface area contributed by atoms with Gasteiger partial charge in [-0.25, -0.2) is 0 Å². The summed E-state index contributed by atoms with van der Waals surface area (Å²) in [5.74, 6) is -1.02. The Balaban J connectivity index is 2.57. The number of carbonyl (C=O) groups is 2. The molecule has 0 fully saturated rings. The third-order valence-electron chi connectivity index (χ3n) is 6.47. The second-order valence-electron chi connectivity index (χ2n) is 9.58. The lowest BCUT2D eigenvalue weighted by Crippen LogP contribution is -2.35. The molecule has 4 nitrogen and oxygen atoms in total. The van der Waals surface area contributed by atoms with E-state index >= 15 is 0 Å². The van der Waals surface area contributed by atoms with Crippen LogP contribution in [-0.2, 0) is 9.59 Å². The Morgan fingerprint density at radius 2 is 1.03 bits per heavy atom. The van der Waals surface area contributed by atoms with Crippen molar-refractivity contribution in [2.24, 2.45) is 16.7 Å². The average molecular weight is 421 g/mol. The van der Waals surface area contributed by atoms with E-state index in [2.05, 4.69) is 20.8 Å². The molecule has 0 aromatic carbocycles. The molecule has 0 saturated heterocycles. The first-order chi connectivity index (χ1) is 14.3. The van der Waals surface area contributed by atoms with Crippen LogP contribution in [0.1, 0.15) is 111 Å². The maximum atomic E-state index is 12.0. The predicted molar refractivity (Wildman–Crippen MR) is 124 cm³/mol. The standard InChI is InChI=1S/C26H44O4/c1-4-5-6-7-10-13-16-25(23(27)28)18-20-26(21-19-25,24(29)30)17-14-11-8-9-12-15-22(2)3/h18-22H,4-17H2,1-3H3,(H,27,28)(H,29,30). The molecule has 0 aliphatic heterocycles. The molecule has 0 aromatic heterocycles. The fourth-order valence-electron chi connectivity index (χ4n) is 4.24. The smallest absolute Gasteiger partial charge is 0.317 e. The summed E-state index contributed by atoms with van der Waals surface area (Å²) in [6.45, 7) is 6.66. The van der Waals surface area contributed by atoms with Crippen molar-refractivity contribution in [3.05, 3.63) is 24.3 Å². The van der Waals surface area contributed by atoms with Crippen LogP contribution in [0.2, 0.25) is 0 Å². The van der Waals surface area contributed by atoms with Gasteiger partial charge < -0.3 is 10.2 Å². The number of carboxylic acid groups (broad SMARTS) is 2. The molecule has 0 spiro atoms. The van der Waals surface area contributed by atoms with Crippen molar-refractivity contribution in [3.63, 3.8) is 0 Å². The molecular weight excluding hydrogens is 376 g/mol. The number of unbranched alkanes of at least 4 members (excludes halogenated alkanes) is 9. The largest absolute Gasteiger partial charge is 0.480 e. The zero-order valence-corrected chi connectivity index (χ0v) is 19.5. The molecule has 0 radical (unpaired) electrons. The first-order valence-electron chi connectivity index (χ1n) is 12.2. The van der Waals surface area contributed by atoms with Crippen molar-refractivity contribution in [2.45, 2.75) is 111 Å². The predicted octanol–water partition coefficient (Wildman–Crippen LogP) is 7.39. The molecule has 1 aliphatic carbocycles. The molecule has 0 heterocycles. The van der Waals surface area contributed by atoms with E-state index < -0.39 is 22.8 Å². The van der Waals surface area contributed by atoms with Gasteiger partial charge >= 0.3 is 11.9 Å². The number of carboxylic acids is 2.